The molecule has 0 amide bonds. The molecule has 3 nitrogen and oxygen atoms in total. The lowest BCUT2D eigenvalue weighted by Crippen LogP contribution is -1.96. The SMILES string of the molecule is c1ccc(-c2ccc(-n3c4ccccc4c4c(-c5ccc6c(c5)c5ccccc5n6-c5ccc(-c6ccccc6-c6ccccc6)c6c5oc5ccccc56)cccc43)cc2)cc1. The maximum atomic E-state index is 6.94. The molecule has 0 unspecified atom stereocenters. The molecule has 0 radical (unpaired) electrons. The molecule has 0 aliphatic heterocycles. The Morgan fingerprint density at radius 1 is 0.286 bits per heavy atom. The van der Waals surface area contributed by atoms with E-state index in [0.717, 1.165) is 49.9 Å². The zero-order chi connectivity index (χ0) is 41.4. The maximum absolute atomic E-state index is 6.94. The van der Waals surface area contributed by atoms with E-state index < -0.39 is 0 Å². The van der Waals surface area contributed by atoms with Gasteiger partial charge in [0.25, 0.3) is 0 Å². The maximum Gasteiger partial charge on any atom is 0.160 e. The molecule has 3 heteroatoms. The fraction of sp³-hybridized carbons (Fsp3) is 0. The summed E-state index contributed by atoms with van der Waals surface area (Å²) >= 11 is 0. The van der Waals surface area contributed by atoms with Crippen LogP contribution in [0.3, 0.4) is 0 Å². The van der Waals surface area contributed by atoms with Gasteiger partial charge in [-0.2, -0.15) is 0 Å². The van der Waals surface area contributed by atoms with E-state index in [1.165, 1.54) is 71.5 Å². The number of aromatic nitrogens is 2. The fourth-order valence-corrected chi connectivity index (χ4v) is 10.2. The summed E-state index contributed by atoms with van der Waals surface area (Å²) in [6, 6.07) is 83.2. The molecule has 0 aliphatic carbocycles. The largest absolute Gasteiger partial charge is 0.454 e. The predicted octanol–water partition coefficient (Wildman–Crippen LogP) is 16.4. The van der Waals surface area contributed by atoms with E-state index in [-0.39, 0.29) is 0 Å². The van der Waals surface area contributed by atoms with Crippen molar-refractivity contribution >= 4 is 65.6 Å². The number of fused-ring (bicyclic) bond motifs is 9. The first-order valence-corrected chi connectivity index (χ1v) is 21.6. The van der Waals surface area contributed by atoms with Crippen LogP contribution in [0.4, 0.5) is 0 Å². The number of hydrogen-bond acceptors (Lipinski definition) is 1. The van der Waals surface area contributed by atoms with Crippen molar-refractivity contribution in [2.45, 2.75) is 0 Å². The molecule has 0 fully saturated rings. The van der Waals surface area contributed by atoms with Crippen molar-refractivity contribution in [3.63, 3.8) is 0 Å². The van der Waals surface area contributed by atoms with Crippen molar-refractivity contribution in [3.05, 3.63) is 231 Å². The summed E-state index contributed by atoms with van der Waals surface area (Å²) in [5, 5.41) is 7.10. The van der Waals surface area contributed by atoms with Crippen LogP contribution in [0, 0.1) is 0 Å². The van der Waals surface area contributed by atoms with Gasteiger partial charge in [-0.05, 0) is 99.1 Å². The topological polar surface area (TPSA) is 23.0 Å². The summed E-state index contributed by atoms with van der Waals surface area (Å²) in [7, 11) is 0. The van der Waals surface area contributed by atoms with Gasteiger partial charge in [0, 0.05) is 38.0 Å². The third-order valence-electron chi connectivity index (χ3n) is 13.0. The Morgan fingerprint density at radius 2 is 0.857 bits per heavy atom. The van der Waals surface area contributed by atoms with Crippen molar-refractivity contribution in [2.24, 2.45) is 0 Å². The van der Waals surface area contributed by atoms with E-state index in [0.29, 0.717) is 0 Å². The molecule has 13 aromatic rings. The Labute approximate surface area is 363 Å². The minimum absolute atomic E-state index is 0.873. The van der Waals surface area contributed by atoms with Crippen LogP contribution in [0.5, 0.6) is 0 Å². The van der Waals surface area contributed by atoms with E-state index >= 15 is 0 Å². The van der Waals surface area contributed by atoms with E-state index in [1.54, 1.807) is 0 Å². The Kier molecular flexibility index (Phi) is 7.91. The van der Waals surface area contributed by atoms with Crippen molar-refractivity contribution in [3.8, 4) is 55.9 Å². The molecule has 0 bridgehead atoms. The number of benzene rings is 10. The highest BCUT2D eigenvalue weighted by molar-refractivity contribution is 6.19. The highest BCUT2D eigenvalue weighted by Crippen LogP contribution is 2.46. The number of para-hydroxylation sites is 3. The van der Waals surface area contributed by atoms with Crippen LogP contribution >= 0.6 is 0 Å². The number of furan rings is 1. The minimum atomic E-state index is 0.873. The molecule has 0 aliphatic rings. The van der Waals surface area contributed by atoms with Crippen LogP contribution in [0.15, 0.2) is 235 Å². The van der Waals surface area contributed by atoms with Gasteiger partial charge in [-0.3, -0.25) is 0 Å². The highest BCUT2D eigenvalue weighted by Gasteiger charge is 2.23. The lowest BCUT2D eigenvalue weighted by atomic mass is 9.91. The van der Waals surface area contributed by atoms with Crippen LogP contribution < -0.4 is 0 Å². The molecule has 0 saturated carbocycles. The van der Waals surface area contributed by atoms with Crippen LogP contribution in [-0.2, 0) is 0 Å². The standard InChI is InChI=1S/C60H38N2O/c1-3-16-39(17-4-1)40-30-33-43(34-31-40)61-53-27-13-10-23-49(53)58-45(25-15-28-55(58)61)42-32-36-54-51(38-42)47-22-9-12-26-52(47)62(54)56-37-35-48(59-50-24-11-14-29-57(50)63-60(56)59)46-21-8-7-20-44(46)41-18-5-2-6-19-41/h1-38H. The second-order valence-electron chi connectivity index (χ2n) is 16.4. The van der Waals surface area contributed by atoms with Gasteiger partial charge in [-0.25, -0.2) is 0 Å². The zero-order valence-electron chi connectivity index (χ0n) is 34.2. The van der Waals surface area contributed by atoms with Gasteiger partial charge in [0.15, 0.2) is 5.58 Å². The first kappa shape index (κ1) is 35.4. The van der Waals surface area contributed by atoms with Gasteiger partial charge in [0.1, 0.15) is 5.58 Å². The van der Waals surface area contributed by atoms with Crippen LogP contribution in [0.2, 0.25) is 0 Å². The first-order valence-electron chi connectivity index (χ1n) is 21.6. The quantitative estimate of drug-likeness (QED) is 0.164. The third-order valence-corrected chi connectivity index (χ3v) is 13.0. The summed E-state index contributed by atoms with van der Waals surface area (Å²) in [5.74, 6) is 0. The Balaban J connectivity index is 1.01. The van der Waals surface area contributed by atoms with E-state index in [1.807, 2.05) is 0 Å². The lowest BCUT2D eigenvalue weighted by molar-refractivity contribution is 0.666. The van der Waals surface area contributed by atoms with Crippen molar-refractivity contribution in [1.29, 1.82) is 0 Å². The van der Waals surface area contributed by atoms with Gasteiger partial charge < -0.3 is 13.6 Å². The summed E-state index contributed by atoms with van der Waals surface area (Å²) in [5.41, 5.74) is 18.1. The molecular weight excluding hydrogens is 765 g/mol. The fourth-order valence-electron chi connectivity index (χ4n) is 10.2. The number of rotatable bonds is 6. The van der Waals surface area contributed by atoms with Gasteiger partial charge in [-0.1, -0.05) is 176 Å². The van der Waals surface area contributed by atoms with Crippen LogP contribution in [0.25, 0.3) is 121 Å². The van der Waals surface area contributed by atoms with Gasteiger partial charge >= 0.3 is 0 Å². The average molecular weight is 803 g/mol. The molecule has 0 N–H and O–H groups in total. The van der Waals surface area contributed by atoms with E-state index in [2.05, 4.69) is 240 Å². The lowest BCUT2D eigenvalue weighted by Gasteiger charge is -2.14. The Bertz CT molecular complexity index is 3890. The summed E-state index contributed by atoms with van der Waals surface area (Å²) in [6.07, 6.45) is 0. The van der Waals surface area contributed by atoms with Gasteiger partial charge in [-0.15, -0.1) is 0 Å². The summed E-state index contributed by atoms with van der Waals surface area (Å²) < 4.78 is 11.8. The molecule has 3 aromatic heterocycles. The first-order chi connectivity index (χ1) is 31.3. The molecule has 3 heterocycles. The molecular formula is C60H38N2O. The molecule has 13 rings (SSSR count). The second-order valence-corrected chi connectivity index (χ2v) is 16.4. The highest BCUT2D eigenvalue weighted by atomic mass is 16.3. The van der Waals surface area contributed by atoms with Gasteiger partial charge in [0.2, 0.25) is 0 Å². The molecule has 63 heavy (non-hydrogen) atoms. The Morgan fingerprint density at radius 3 is 1.65 bits per heavy atom. The third kappa shape index (κ3) is 5.46. The number of nitrogens with zero attached hydrogens (tertiary/aromatic N) is 2. The normalized spacial score (nSPS) is 11.8. The smallest absolute Gasteiger partial charge is 0.160 e. The minimum Gasteiger partial charge on any atom is -0.454 e. The van der Waals surface area contributed by atoms with E-state index in [4.69, 9.17) is 4.42 Å². The second kappa shape index (κ2) is 14.1. The molecule has 0 spiro atoms. The molecule has 0 atom stereocenters. The van der Waals surface area contributed by atoms with Gasteiger partial charge in [0.05, 0.1) is 27.8 Å². The summed E-state index contributed by atoms with van der Waals surface area (Å²) in [4.78, 5) is 0. The van der Waals surface area contributed by atoms with Crippen molar-refractivity contribution in [1.82, 2.24) is 9.13 Å². The van der Waals surface area contributed by atoms with Crippen LogP contribution in [-0.4, -0.2) is 9.13 Å². The average Bonchev–Trinajstić information content (AvgIpc) is 4.03. The zero-order valence-corrected chi connectivity index (χ0v) is 34.2. The Hall–Kier alpha value is -8.40. The van der Waals surface area contributed by atoms with Crippen molar-refractivity contribution < 1.29 is 4.42 Å². The molecule has 0 saturated heterocycles. The van der Waals surface area contributed by atoms with Crippen molar-refractivity contribution in [2.75, 3.05) is 0 Å². The number of hydrogen-bond donors (Lipinski definition) is 0. The van der Waals surface area contributed by atoms with E-state index in [9.17, 15) is 0 Å². The van der Waals surface area contributed by atoms with Crippen LogP contribution in [0.1, 0.15) is 0 Å². The predicted molar refractivity (Wildman–Crippen MR) is 264 cm³/mol. The monoisotopic (exact) mass is 802 g/mol. The molecule has 10 aromatic carbocycles. The molecule has 294 valence electrons. The summed E-state index contributed by atoms with van der Waals surface area (Å²) in [6.45, 7) is 0.